The molecule has 2 heterocycles. The molecule has 1 aromatic heterocycles. The molecule has 6 nitrogen and oxygen atoms in total. The van der Waals surface area contributed by atoms with E-state index in [-0.39, 0.29) is 17.3 Å². The summed E-state index contributed by atoms with van der Waals surface area (Å²) in [6.07, 6.45) is 2.90. The minimum Gasteiger partial charge on any atom is -0.453 e. The first-order chi connectivity index (χ1) is 12.1. The molecule has 0 bridgehead atoms. The summed E-state index contributed by atoms with van der Waals surface area (Å²) < 4.78 is 5.50. The van der Waals surface area contributed by atoms with Crippen molar-refractivity contribution in [2.24, 2.45) is 5.92 Å². The van der Waals surface area contributed by atoms with Crippen LogP contribution in [0.15, 0.2) is 36.7 Å². The molecule has 1 fully saturated rings. The number of hydrogen-bond acceptors (Lipinski definition) is 4. The highest BCUT2D eigenvalue weighted by atomic mass is 16.5. The number of aromatic amines is 1. The van der Waals surface area contributed by atoms with Crippen LogP contribution in [-0.4, -0.2) is 39.8 Å². The topological polar surface area (TPSA) is 75.3 Å². The van der Waals surface area contributed by atoms with E-state index in [2.05, 4.69) is 16.9 Å². The van der Waals surface area contributed by atoms with Crippen LogP contribution >= 0.6 is 0 Å². The minimum absolute atomic E-state index is 0.117. The Morgan fingerprint density at radius 1 is 1.24 bits per heavy atom. The van der Waals surface area contributed by atoms with E-state index in [1.165, 1.54) is 6.33 Å². The maximum absolute atomic E-state index is 12.7. The summed E-state index contributed by atoms with van der Waals surface area (Å²) >= 11 is 0. The number of amides is 1. The Labute approximate surface area is 147 Å². The van der Waals surface area contributed by atoms with Crippen LogP contribution in [0.2, 0.25) is 0 Å². The number of likely N-dealkylation sites (tertiary alicyclic amines) is 1. The number of rotatable bonds is 4. The average molecular weight is 341 g/mol. The van der Waals surface area contributed by atoms with Crippen molar-refractivity contribution in [3.05, 3.63) is 53.6 Å². The Kier molecular flexibility index (Phi) is 5.16. The summed E-state index contributed by atoms with van der Waals surface area (Å²) in [5.74, 6) is -0.158. The van der Waals surface area contributed by atoms with Gasteiger partial charge in [0.25, 0.3) is 5.91 Å². The summed E-state index contributed by atoms with van der Waals surface area (Å²) in [7, 11) is 0. The molecular weight excluding hydrogens is 318 g/mol. The quantitative estimate of drug-likeness (QED) is 0.867. The molecule has 25 heavy (non-hydrogen) atoms. The van der Waals surface area contributed by atoms with Gasteiger partial charge in [0, 0.05) is 13.1 Å². The second kappa shape index (κ2) is 7.51. The maximum atomic E-state index is 12.7. The van der Waals surface area contributed by atoms with E-state index in [0.29, 0.717) is 19.0 Å². The Bertz CT molecular complexity index is 733. The van der Waals surface area contributed by atoms with Crippen LogP contribution in [0.5, 0.6) is 0 Å². The van der Waals surface area contributed by atoms with Crippen LogP contribution in [0.1, 0.15) is 59.3 Å². The van der Waals surface area contributed by atoms with Crippen molar-refractivity contribution in [1.29, 1.82) is 0 Å². The number of H-pyrrole nitrogens is 1. The molecule has 0 radical (unpaired) electrons. The van der Waals surface area contributed by atoms with Gasteiger partial charge in [-0.3, -0.25) is 4.79 Å². The van der Waals surface area contributed by atoms with Crippen LogP contribution in [0.4, 0.5) is 0 Å². The van der Waals surface area contributed by atoms with E-state index in [1.54, 1.807) is 11.8 Å². The first-order valence-electron chi connectivity index (χ1n) is 8.65. The molecule has 2 aromatic rings. The molecule has 1 N–H and O–H groups in total. The molecule has 6 heteroatoms. The first kappa shape index (κ1) is 17.2. The fourth-order valence-electron chi connectivity index (χ4n) is 2.99. The molecule has 132 valence electrons. The van der Waals surface area contributed by atoms with E-state index in [4.69, 9.17) is 4.74 Å². The van der Waals surface area contributed by atoms with Gasteiger partial charge in [-0.25, -0.2) is 9.78 Å². The molecule has 0 unspecified atom stereocenters. The van der Waals surface area contributed by atoms with Gasteiger partial charge in [0.15, 0.2) is 11.4 Å². The Balaban J connectivity index is 1.70. The van der Waals surface area contributed by atoms with E-state index in [0.717, 1.165) is 18.4 Å². The number of nitrogens with zero attached hydrogens (tertiary/aromatic N) is 2. The molecule has 0 aliphatic carbocycles. The molecule has 3 rings (SSSR count). The fraction of sp³-hybridized carbons (Fsp3) is 0.421. The number of ether oxygens (including phenoxy) is 1. The maximum Gasteiger partial charge on any atom is 0.357 e. The number of aromatic nitrogens is 2. The Morgan fingerprint density at radius 2 is 1.92 bits per heavy atom. The van der Waals surface area contributed by atoms with E-state index in [9.17, 15) is 9.59 Å². The van der Waals surface area contributed by atoms with Gasteiger partial charge < -0.3 is 14.6 Å². The van der Waals surface area contributed by atoms with Crippen molar-refractivity contribution < 1.29 is 14.3 Å². The second-order valence-corrected chi connectivity index (χ2v) is 6.56. The van der Waals surface area contributed by atoms with Gasteiger partial charge in [-0.05, 0) is 31.2 Å². The lowest BCUT2D eigenvalue weighted by Gasteiger charge is -2.29. The van der Waals surface area contributed by atoms with Gasteiger partial charge in [-0.15, -0.1) is 0 Å². The number of carbonyl (C=O) groups is 2. The predicted molar refractivity (Wildman–Crippen MR) is 93.2 cm³/mol. The number of piperidine rings is 1. The number of carbonyl (C=O) groups excluding carboxylic acids is 2. The van der Waals surface area contributed by atoms with E-state index >= 15 is 0 Å². The van der Waals surface area contributed by atoms with E-state index in [1.807, 2.05) is 30.3 Å². The van der Waals surface area contributed by atoms with Gasteiger partial charge in [0.2, 0.25) is 0 Å². The summed E-state index contributed by atoms with van der Waals surface area (Å²) in [5, 5.41) is 0. The molecule has 1 aromatic carbocycles. The summed E-state index contributed by atoms with van der Waals surface area (Å²) in [6, 6.07) is 9.48. The smallest absolute Gasteiger partial charge is 0.357 e. The molecule has 1 aliphatic heterocycles. The van der Waals surface area contributed by atoms with Crippen molar-refractivity contribution in [2.45, 2.75) is 32.8 Å². The third-order valence-corrected chi connectivity index (χ3v) is 4.67. The molecule has 1 atom stereocenters. The first-order valence-corrected chi connectivity index (χ1v) is 8.65. The second-order valence-electron chi connectivity index (χ2n) is 6.56. The zero-order valence-corrected chi connectivity index (χ0v) is 14.6. The van der Waals surface area contributed by atoms with Gasteiger partial charge >= 0.3 is 5.97 Å². The third kappa shape index (κ3) is 3.90. The average Bonchev–Trinajstić information content (AvgIpc) is 3.12. The molecular formula is C19H23N3O3. The highest BCUT2D eigenvalue weighted by Gasteiger charge is 2.28. The number of imidazole rings is 1. The van der Waals surface area contributed by atoms with E-state index < -0.39 is 12.1 Å². The fourth-order valence-corrected chi connectivity index (χ4v) is 2.99. The number of benzene rings is 1. The lowest BCUT2D eigenvalue weighted by molar-refractivity contribution is 0.0326. The van der Waals surface area contributed by atoms with Gasteiger partial charge in [-0.2, -0.15) is 0 Å². The number of esters is 1. The van der Waals surface area contributed by atoms with Crippen molar-refractivity contribution in [2.75, 3.05) is 13.1 Å². The predicted octanol–water partition coefficient (Wildman–Crippen LogP) is 3.20. The van der Waals surface area contributed by atoms with Crippen molar-refractivity contribution in [3.8, 4) is 0 Å². The summed E-state index contributed by atoms with van der Waals surface area (Å²) in [5.41, 5.74) is 1.15. The highest BCUT2D eigenvalue weighted by molar-refractivity contribution is 6.02. The molecule has 1 amide bonds. The zero-order valence-electron chi connectivity index (χ0n) is 14.6. The Morgan fingerprint density at radius 3 is 2.60 bits per heavy atom. The molecule has 1 saturated heterocycles. The minimum atomic E-state index is -0.567. The van der Waals surface area contributed by atoms with Crippen LogP contribution in [0.25, 0.3) is 0 Å². The third-order valence-electron chi connectivity index (χ3n) is 4.67. The standard InChI is InChI=1S/C19H23N3O3/c1-13-8-10-22(11-9-13)18(23)16-17(21-12-20-16)19(24)25-14(2)15-6-4-3-5-7-15/h3-7,12-14H,8-11H2,1-2H3,(H,20,21)/t14-/m1/s1. The summed E-state index contributed by atoms with van der Waals surface area (Å²) in [4.78, 5) is 33.7. The highest BCUT2D eigenvalue weighted by Crippen LogP contribution is 2.21. The van der Waals surface area contributed by atoms with Crippen LogP contribution < -0.4 is 0 Å². The molecule has 1 aliphatic rings. The van der Waals surface area contributed by atoms with Crippen LogP contribution in [0.3, 0.4) is 0 Å². The van der Waals surface area contributed by atoms with Crippen LogP contribution in [0, 0.1) is 5.92 Å². The van der Waals surface area contributed by atoms with Gasteiger partial charge in [0.05, 0.1) is 6.33 Å². The van der Waals surface area contributed by atoms with Crippen molar-refractivity contribution in [1.82, 2.24) is 14.9 Å². The largest absolute Gasteiger partial charge is 0.453 e. The van der Waals surface area contributed by atoms with Gasteiger partial charge in [0.1, 0.15) is 6.10 Å². The van der Waals surface area contributed by atoms with Crippen LogP contribution in [-0.2, 0) is 4.74 Å². The molecule has 0 saturated carbocycles. The Hall–Kier alpha value is -2.63. The monoisotopic (exact) mass is 341 g/mol. The number of nitrogens with one attached hydrogen (secondary N) is 1. The van der Waals surface area contributed by atoms with Crippen molar-refractivity contribution >= 4 is 11.9 Å². The van der Waals surface area contributed by atoms with Gasteiger partial charge in [-0.1, -0.05) is 37.3 Å². The lowest BCUT2D eigenvalue weighted by Crippen LogP contribution is -2.38. The lowest BCUT2D eigenvalue weighted by atomic mass is 9.99. The summed E-state index contributed by atoms with van der Waals surface area (Å²) in [6.45, 7) is 5.38. The number of hydrogen-bond donors (Lipinski definition) is 1. The van der Waals surface area contributed by atoms with Crippen molar-refractivity contribution in [3.63, 3.8) is 0 Å². The SMILES string of the molecule is CC1CCN(C(=O)c2nc[nH]c2C(=O)O[C@H](C)c2ccccc2)CC1. The zero-order chi connectivity index (χ0) is 17.8. The molecule has 0 spiro atoms. The normalized spacial score (nSPS) is 16.5.